The number of amides is 1. The molecule has 1 amide bonds. The quantitative estimate of drug-likeness (QED) is 0.808. The fraction of sp³-hybridized carbons (Fsp3) is 0.444. The summed E-state index contributed by atoms with van der Waals surface area (Å²) in [5.74, 6) is 0.809. The van der Waals surface area contributed by atoms with E-state index < -0.39 is 0 Å². The number of hydrogen-bond acceptors (Lipinski definition) is 3. The molecule has 1 aromatic heterocycles. The van der Waals surface area contributed by atoms with Gasteiger partial charge in [0.1, 0.15) is 5.82 Å². The van der Waals surface area contributed by atoms with Gasteiger partial charge in [-0.25, -0.2) is 4.39 Å². The van der Waals surface area contributed by atoms with Crippen molar-refractivity contribution in [1.29, 1.82) is 0 Å². The first-order valence-corrected chi connectivity index (χ1v) is 8.41. The Kier molecular flexibility index (Phi) is 3.55. The summed E-state index contributed by atoms with van der Waals surface area (Å²) >= 11 is 0. The number of aromatic nitrogens is 2. The summed E-state index contributed by atoms with van der Waals surface area (Å²) in [5, 5.41) is 4.74. The molecule has 0 bridgehead atoms. The molecule has 2 aliphatic rings. The van der Waals surface area contributed by atoms with E-state index in [0.29, 0.717) is 6.54 Å². The van der Waals surface area contributed by atoms with Gasteiger partial charge in [-0.05, 0) is 36.6 Å². The van der Waals surface area contributed by atoms with Crippen LogP contribution in [0.3, 0.4) is 0 Å². The molecular weight excluding hydrogens is 307 g/mol. The number of nitrogens with zero attached hydrogens (tertiary/aromatic N) is 4. The number of rotatable bonds is 1. The van der Waals surface area contributed by atoms with E-state index in [2.05, 4.69) is 4.90 Å². The van der Waals surface area contributed by atoms with Crippen LogP contribution < -0.4 is 4.90 Å². The molecule has 24 heavy (non-hydrogen) atoms. The zero-order chi connectivity index (χ0) is 16.8. The van der Waals surface area contributed by atoms with Gasteiger partial charge in [0.25, 0.3) is 0 Å². The summed E-state index contributed by atoms with van der Waals surface area (Å²) in [6.45, 7) is 3.81. The van der Waals surface area contributed by atoms with E-state index >= 15 is 0 Å². The largest absolute Gasteiger partial charge is 0.338 e. The standard InChI is InChI=1S/C18H21FN4O/c1-12(24)22-9-7-17-15(11-22)18(20-21(17)2)23-8-3-4-13-10-14(19)5-6-16(13)23/h5-6,10H,3-4,7-9,11H2,1-2H3. The topological polar surface area (TPSA) is 41.4 Å². The van der Waals surface area contributed by atoms with E-state index in [1.807, 2.05) is 22.7 Å². The van der Waals surface area contributed by atoms with Gasteiger partial charge in [-0.15, -0.1) is 0 Å². The molecule has 0 aliphatic carbocycles. The molecule has 0 atom stereocenters. The fourth-order valence-corrected chi connectivity index (χ4v) is 3.84. The summed E-state index contributed by atoms with van der Waals surface area (Å²) in [6, 6.07) is 4.98. The second-order valence-corrected chi connectivity index (χ2v) is 6.59. The van der Waals surface area contributed by atoms with Crippen molar-refractivity contribution >= 4 is 17.4 Å². The first kappa shape index (κ1) is 15.2. The first-order chi connectivity index (χ1) is 11.5. The van der Waals surface area contributed by atoms with Gasteiger partial charge in [0.05, 0.1) is 6.54 Å². The SMILES string of the molecule is CC(=O)N1CCc2c(c(N3CCCc4cc(F)ccc43)nn2C)C1. The zero-order valence-electron chi connectivity index (χ0n) is 14.0. The normalized spacial score (nSPS) is 16.8. The lowest BCUT2D eigenvalue weighted by molar-refractivity contribution is -0.129. The number of halogens is 1. The van der Waals surface area contributed by atoms with Crippen LogP contribution in [-0.2, 0) is 31.2 Å². The van der Waals surface area contributed by atoms with Crippen molar-refractivity contribution in [2.24, 2.45) is 7.05 Å². The molecule has 126 valence electrons. The maximum Gasteiger partial charge on any atom is 0.219 e. The van der Waals surface area contributed by atoms with E-state index in [1.165, 1.54) is 11.8 Å². The van der Waals surface area contributed by atoms with Gasteiger partial charge in [-0.1, -0.05) is 0 Å². The average molecular weight is 328 g/mol. The molecule has 4 rings (SSSR count). The molecular formula is C18H21FN4O. The average Bonchev–Trinajstić information content (AvgIpc) is 2.90. The van der Waals surface area contributed by atoms with E-state index in [-0.39, 0.29) is 11.7 Å². The number of carbonyl (C=O) groups excluding carboxylic acids is 1. The Morgan fingerprint density at radius 2 is 2.08 bits per heavy atom. The van der Waals surface area contributed by atoms with Crippen LogP contribution >= 0.6 is 0 Å². The molecule has 0 unspecified atom stereocenters. The third-order valence-electron chi connectivity index (χ3n) is 5.08. The molecule has 3 heterocycles. The molecule has 2 aliphatic heterocycles. The van der Waals surface area contributed by atoms with Crippen molar-refractivity contribution in [2.45, 2.75) is 32.7 Å². The summed E-state index contributed by atoms with van der Waals surface area (Å²) in [4.78, 5) is 15.8. The first-order valence-electron chi connectivity index (χ1n) is 8.41. The third kappa shape index (κ3) is 2.37. The lowest BCUT2D eigenvalue weighted by atomic mass is 10.00. The van der Waals surface area contributed by atoms with Crippen LogP contribution in [0.15, 0.2) is 18.2 Å². The molecule has 0 fully saturated rings. The van der Waals surface area contributed by atoms with Gasteiger partial charge in [-0.2, -0.15) is 5.10 Å². The molecule has 1 aromatic carbocycles. The van der Waals surface area contributed by atoms with Crippen LogP contribution in [0.25, 0.3) is 0 Å². The van der Waals surface area contributed by atoms with Crippen molar-refractivity contribution in [3.05, 3.63) is 40.8 Å². The van der Waals surface area contributed by atoms with Crippen LogP contribution in [0, 0.1) is 5.82 Å². The zero-order valence-corrected chi connectivity index (χ0v) is 14.0. The smallest absolute Gasteiger partial charge is 0.219 e. The minimum absolute atomic E-state index is 0.0940. The molecule has 0 saturated heterocycles. The van der Waals surface area contributed by atoms with Crippen molar-refractivity contribution in [1.82, 2.24) is 14.7 Å². The monoisotopic (exact) mass is 328 g/mol. The lowest BCUT2D eigenvalue weighted by Crippen LogP contribution is -2.35. The highest BCUT2D eigenvalue weighted by atomic mass is 19.1. The van der Waals surface area contributed by atoms with Crippen LogP contribution in [0.5, 0.6) is 0 Å². The van der Waals surface area contributed by atoms with Crippen LogP contribution in [0.1, 0.15) is 30.2 Å². The number of hydrogen-bond donors (Lipinski definition) is 0. The Labute approximate surface area is 140 Å². The fourth-order valence-electron chi connectivity index (χ4n) is 3.84. The Hall–Kier alpha value is -2.37. The van der Waals surface area contributed by atoms with Gasteiger partial charge < -0.3 is 9.80 Å². The molecule has 5 nitrogen and oxygen atoms in total. The second-order valence-electron chi connectivity index (χ2n) is 6.59. The van der Waals surface area contributed by atoms with Crippen LogP contribution in [0.2, 0.25) is 0 Å². The van der Waals surface area contributed by atoms with E-state index in [4.69, 9.17) is 5.10 Å². The molecule has 2 aromatic rings. The molecule has 6 heteroatoms. The van der Waals surface area contributed by atoms with Gasteiger partial charge in [-0.3, -0.25) is 9.48 Å². The minimum atomic E-state index is -0.193. The van der Waals surface area contributed by atoms with Crippen molar-refractivity contribution in [3.63, 3.8) is 0 Å². The second kappa shape index (κ2) is 5.61. The Balaban J connectivity index is 1.78. The predicted octanol–water partition coefficient (Wildman–Crippen LogP) is 2.55. The maximum absolute atomic E-state index is 13.6. The molecule has 0 radical (unpaired) electrons. The van der Waals surface area contributed by atoms with Gasteiger partial charge in [0, 0.05) is 50.4 Å². The van der Waals surface area contributed by atoms with Gasteiger partial charge >= 0.3 is 0 Å². The Morgan fingerprint density at radius 3 is 2.88 bits per heavy atom. The minimum Gasteiger partial charge on any atom is -0.338 e. The van der Waals surface area contributed by atoms with E-state index in [0.717, 1.165) is 55.0 Å². The Bertz CT molecular complexity index is 814. The van der Waals surface area contributed by atoms with Crippen molar-refractivity contribution in [3.8, 4) is 0 Å². The van der Waals surface area contributed by atoms with E-state index in [9.17, 15) is 9.18 Å². The number of carbonyl (C=O) groups is 1. The third-order valence-corrected chi connectivity index (χ3v) is 5.08. The van der Waals surface area contributed by atoms with E-state index in [1.54, 1.807) is 13.0 Å². The number of anilines is 2. The maximum atomic E-state index is 13.6. The molecule has 0 N–H and O–H groups in total. The summed E-state index contributed by atoms with van der Waals surface area (Å²) in [5.41, 5.74) is 4.37. The summed E-state index contributed by atoms with van der Waals surface area (Å²) < 4.78 is 15.5. The van der Waals surface area contributed by atoms with Gasteiger partial charge in [0.15, 0.2) is 5.82 Å². The highest BCUT2D eigenvalue weighted by molar-refractivity contribution is 5.75. The van der Waals surface area contributed by atoms with Crippen molar-refractivity contribution < 1.29 is 9.18 Å². The number of fused-ring (bicyclic) bond motifs is 2. The molecule has 0 saturated carbocycles. The van der Waals surface area contributed by atoms with Crippen LogP contribution in [0.4, 0.5) is 15.9 Å². The highest BCUT2D eigenvalue weighted by Gasteiger charge is 2.30. The van der Waals surface area contributed by atoms with Crippen molar-refractivity contribution in [2.75, 3.05) is 18.0 Å². The summed E-state index contributed by atoms with van der Waals surface area (Å²) in [6.07, 6.45) is 2.68. The lowest BCUT2D eigenvalue weighted by Gasteiger charge is -2.32. The summed E-state index contributed by atoms with van der Waals surface area (Å²) in [7, 11) is 1.96. The van der Waals surface area contributed by atoms with Crippen LogP contribution in [-0.4, -0.2) is 33.7 Å². The predicted molar refractivity (Wildman–Crippen MR) is 89.7 cm³/mol. The molecule has 0 spiro atoms. The number of benzene rings is 1. The number of aryl methyl sites for hydroxylation is 2. The van der Waals surface area contributed by atoms with Gasteiger partial charge in [0.2, 0.25) is 5.91 Å². The highest BCUT2D eigenvalue weighted by Crippen LogP contribution is 2.37. The Morgan fingerprint density at radius 1 is 1.25 bits per heavy atom.